The minimum atomic E-state index is -1.00. The number of ether oxygens (including phenoxy) is 2. The Balaban J connectivity index is 1.40. The second kappa shape index (κ2) is 11.8. The fourth-order valence-electron chi connectivity index (χ4n) is 5.81. The molecule has 0 bridgehead atoms. The minimum absolute atomic E-state index is 0.0606. The zero-order valence-corrected chi connectivity index (χ0v) is 26.2. The Morgan fingerprint density at radius 3 is 2.52 bits per heavy atom. The monoisotopic (exact) mass is 630 g/mol. The summed E-state index contributed by atoms with van der Waals surface area (Å²) in [5.41, 5.74) is 4.72. The van der Waals surface area contributed by atoms with Crippen LogP contribution in [-0.4, -0.2) is 37.8 Å². The Morgan fingerprint density at radius 1 is 0.913 bits per heavy atom. The number of anilines is 1. The average Bonchev–Trinajstić information content (AvgIpc) is 3.71. The van der Waals surface area contributed by atoms with Gasteiger partial charge in [-0.05, 0) is 73.9 Å². The van der Waals surface area contributed by atoms with Crippen molar-refractivity contribution in [3.8, 4) is 11.5 Å². The van der Waals surface area contributed by atoms with Crippen LogP contribution >= 0.6 is 11.3 Å². The van der Waals surface area contributed by atoms with Gasteiger partial charge >= 0.3 is 5.91 Å². The number of hydrogen-bond donors (Lipinski definition) is 1. The van der Waals surface area contributed by atoms with E-state index in [1.807, 2.05) is 80.6 Å². The molecule has 3 aromatic heterocycles. The van der Waals surface area contributed by atoms with E-state index in [-0.39, 0.29) is 11.3 Å². The number of thiazole rings is 1. The molecule has 0 radical (unpaired) electrons. The summed E-state index contributed by atoms with van der Waals surface area (Å²) in [6, 6.07) is 25.4. The minimum Gasteiger partial charge on any atom is -0.505 e. The van der Waals surface area contributed by atoms with Crippen LogP contribution in [0.5, 0.6) is 11.5 Å². The lowest BCUT2D eigenvalue weighted by Gasteiger charge is -2.24. The van der Waals surface area contributed by atoms with Crippen molar-refractivity contribution in [2.75, 3.05) is 11.5 Å². The summed E-state index contributed by atoms with van der Waals surface area (Å²) >= 11 is 1.32. The fraction of sp³-hybridized carbons (Fsp3) is 0.167. The van der Waals surface area contributed by atoms with E-state index in [0.29, 0.717) is 58.0 Å². The number of hydrogen-bond acceptors (Lipinski definition) is 8. The number of nitrogens with zero attached hydrogens (tertiary/aromatic N) is 4. The molecule has 10 heteroatoms. The van der Waals surface area contributed by atoms with Gasteiger partial charge in [0.15, 0.2) is 22.4 Å². The standard InChI is InChI=1S/C36H30N4O5S/c1-4-44-27-19-24(14-16-26(27)45-20-23-10-6-5-7-11-23)32-30(33(41)31-22(3)37-29-12-8-9-17-39(29)31)34(42)35(43)40(32)36-38-25-15-13-21(2)18-28(25)46-36/h5-19,32,41H,4,20H2,1-3H3/b33-30+. The molecule has 0 spiro atoms. The van der Waals surface area contributed by atoms with Gasteiger partial charge in [-0.15, -0.1) is 0 Å². The van der Waals surface area contributed by atoms with E-state index < -0.39 is 17.7 Å². The predicted molar refractivity (Wildman–Crippen MR) is 177 cm³/mol. The van der Waals surface area contributed by atoms with Crippen LogP contribution in [0.2, 0.25) is 0 Å². The van der Waals surface area contributed by atoms with Crippen molar-refractivity contribution >= 4 is 49.8 Å². The number of ketones is 1. The number of pyridine rings is 1. The first-order valence-electron chi connectivity index (χ1n) is 14.9. The van der Waals surface area contributed by atoms with Gasteiger partial charge in [-0.25, -0.2) is 9.97 Å². The number of aromatic nitrogens is 3. The van der Waals surface area contributed by atoms with E-state index >= 15 is 0 Å². The van der Waals surface area contributed by atoms with Gasteiger partial charge < -0.3 is 14.6 Å². The molecule has 4 heterocycles. The number of benzene rings is 3. The molecule has 0 saturated carbocycles. The number of Topliss-reactive ketones (excluding diaryl/α,β-unsaturated/α-hetero) is 1. The molecule has 6 aromatic rings. The largest absolute Gasteiger partial charge is 0.505 e. The molecule has 0 aliphatic carbocycles. The van der Waals surface area contributed by atoms with E-state index in [9.17, 15) is 14.7 Å². The van der Waals surface area contributed by atoms with E-state index in [2.05, 4.69) is 4.98 Å². The molecule has 1 amide bonds. The number of carbonyl (C=O) groups is 2. The van der Waals surface area contributed by atoms with Crippen LogP contribution in [0.4, 0.5) is 5.13 Å². The number of rotatable bonds is 8. The number of aliphatic hydroxyl groups excluding tert-OH is 1. The van der Waals surface area contributed by atoms with Crippen LogP contribution in [0.1, 0.15) is 41.0 Å². The Labute approximate surface area is 269 Å². The van der Waals surface area contributed by atoms with Crippen molar-refractivity contribution in [3.05, 3.63) is 125 Å². The number of imidazole rings is 1. The van der Waals surface area contributed by atoms with Crippen LogP contribution in [-0.2, 0) is 16.2 Å². The number of amides is 1. The maximum absolute atomic E-state index is 13.9. The molecule has 1 saturated heterocycles. The lowest BCUT2D eigenvalue weighted by molar-refractivity contribution is -0.132. The van der Waals surface area contributed by atoms with Gasteiger partial charge in [0.05, 0.1) is 34.1 Å². The smallest absolute Gasteiger partial charge is 0.301 e. The Morgan fingerprint density at radius 2 is 1.72 bits per heavy atom. The van der Waals surface area contributed by atoms with Crippen molar-refractivity contribution < 1.29 is 24.2 Å². The third kappa shape index (κ3) is 5.06. The summed E-state index contributed by atoms with van der Waals surface area (Å²) < 4.78 is 14.7. The van der Waals surface area contributed by atoms with Crippen LogP contribution in [0, 0.1) is 13.8 Å². The molecule has 1 unspecified atom stereocenters. The van der Waals surface area contributed by atoms with Gasteiger partial charge in [-0.1, -0.05) is 59.9 Å². The van der Waals surface area contributed by atoms with Crippen molar-refractivity contribution in [2.45, 2.75) is 33.4 Å². The van der Waals surface area contributed by atoms with E-state index in [1.165, 1.54) is 16.2 Å². The van der Waals surface area contributed by atoms with Crippen LogP contribution in [0.15, 0.2) is 96.7 Å². The molecule has 1 fully saturated rings. The molecular weight excluding hydrogens is 600 g/mol. The molecule has 3 aromatic carbocycles. The highest BCUT2D eigenvalue weighted by molar-refractivity contribution is 7.22. The SMILES string of the molecule is CCOc1cc(C2/C(=C(\O)c3c(C)nc4ccccn34)C(=O)C(=O)N2c2nc3ccc(C)cc3s2)ccc1OCc1ccccc1. The zero-order chi connectivity index (χ0) is 31.9. The van der Waals surface area contributed by atoms with Gasteiger partial charge in [-0.2, -0.15) is 0 Å². The number of aryl methyl sites for hydroxylation is 2. The van der Waals surface area contributed by atoms with Crippen molar-refractivity contribution in [1.82, 2.24) is 14.4 Å². The number of carbonyl (C=O) groups excluding carboxylic acids is 2. The van der Waals surface area contributed by atoms with Gasteiger partial charge in [-0.3, -0.25) is 18.9 Å². The molecule has 1 aliphatic rings. The maximum Gasteiger partial charge on any atom is 0.301 e. The quantitative estimate of drug-likeness (QED) is 0.108. The van der Waals surface area contributed by atoms with Crippen LogP contribution < -0.4 is 14.4 Å². The van der Waals surface area contributed by atoms with Crippen LogP contribution in [0.3, 0.4) is 0 Å². The van der Waals surface area contributed by atoms with Crippen molar-refractivity contribution in [3.63, 3.8) is 0 Å². The van der Waals surface area contributed by atoms with Gasteiger partial charge in [0.1, 0.15) is 17.9 Å². The summed E-state index contributed by atoms with van der Waals surface area (Å²) in [5.74, 6) is -0.949. The summed E-state index contributed by atoms with van der Waals surface area (Å²) in [6.45, 7) is 6.31. The highest BCUT2D eigenvalue weighted by Gasteiger charge is 2.49. The maximum atomic E-state index is 13.9. The van der Waals surface area contributed by atoms with Gasteiger partial charge in [0.25, 0.3) is 5.78 Å². The first-order chi connectivity index (χ1) is 22.3. The first kappa shape index (κ1) is 29.2. The zero-order valence-electron chi connectivity index (χ0n) is 25.4. The van der Waals surface area contributed by atoms with Gasteiger partial charge in [0.2, 0.25) is 0 Å². The summed E-state index contributed by atoms with van der Waals surface area (Å²) in [7, 11) is 0. The van der Waals surface area contributed by atoms with E-state index in [1.54, 1.807) is 35.7 Å². The van der Waals surface area contributed by atoms with Gasteiger partial charge in [0, 0.05) is 6.20 Å². The highest BCUT2D eigenvalue weighted by Crippen LogP contribution is 2.46. The lowest BCUT2D eigenvalue weighted by Crippen LogP contribution is -2.29. The Hall–Kier alpha value is -5.48. The predicted octanol–water partition coefficient (Wildman–Crippen LogP) is 7.16. The molecule has 230 valence electrons. The lowest BCUT2D eigenvalue weighted by atomic mass is 9.96. The molecule has 1 atom stereocenters. The van der Waals surface area contributed by atoms with E-state index in [4.69, 9.17) is 14.5 Å². The fourth-order valence-corrected chi connectivity index (χ4v) is 6.90. The molecular formula is C36H30N4O5S. The van der Waals surface area contributed by atoms with Crippen molar-refractivity contribution in [1.29, 1.82) is 0 Å². The third-order valence-corrected chi connectivity index (χ3v) is 8.95. The molecule has 1 N–H and O–H groups in total. The molecule has 46 heavy (non-hydrogen) atoms. The van der Waals surface area contributed by atoms with E-state index in [0.717, 1.165) is 15.8 Å². The Kier molecular flexibility index (Phi) is 7.50. The highest BCUT2D eigenvalue weighted by atomic mass is 32.1. The third-order valence-electron chi connectivity index (χ3n) is 7.93. The topological polar surface area (TPSA) is 106 Å². The summed E-state index contributed by atoms with van der Waals surface area (Å²) in [6.07, 6.45) is 1.76. The average molecular weight is 631 g/mol. The summed E-state index contributed by atoms with van der Waals surface area (Å²) in [4.78, 5) is 38.6. The van der Waals surface area contributed by atoms with Crippen molar-refractivity contribution in [2.24, 2.45) is 0 Å². The first-order valence-corrected chi connectivity index (χ1v) is 15.7. The second-order valence-electron chi connectivity index (χ2n) is 11.0. The Bertz CT molecular complexity index is 2170. The normalized spacial score (nSPS) is 16.1. The molecule has 1 aliphatic heterocycles. The van der Waals surface area contributed by atoms with Crippen LogP contribution in [0.25, 0.3) is 21.6 Å². The molecule has 9 nitrogen and oxygen atoms in total. The second-order valence-corrected chi connectivity index (χ2v) is 12.0. The summed E-state index contributed by atoms with van der Waals surface area (Å²) in [5, 5.41) is 12.3. The molecule has 7 rings (SSSR count). The number of aliphatic hydroxyl groups is 1. The number of fused-ring (bicyclic) bond motifs is 2.